The Kier molecular flexibility index (Phi) is 1.75. The van der Waals surface area contributed by atoms with Crippen LogP contribution in [-0.2, 0) is 10.0 Å². The molecule has 0 unspecified atom stereocenters. The second-order valence-corrected chi connectivity index (χ2v) is 3.28. The van der Waals surface area contributed by atoms with Crippen molar-refractivity contribution >= 4 is 16.3 Å². The maximum atomic E-state index is 10.6. The molecule has 0 aromatic carbocycles. The Morgan fingerprint density at radius 2 is 2.27 bits per heavy atom. The molecule has 1 aromatic heterocycles. The summed E-state index contributed by atoms with van der Waals surface area (Å²) in [6, 6.07) is 0. The Labute approximate surface area is 62.5 Å². The average Bonchev–Trinajstić information content (AvgIpc) is 2.31. The molecule has 0 radical (unpaired) electrons. The van der Waals surface area contributed by atoms with Crippen LogP contribution < -0.4 is 5.14 Å². The summed E-state index contributed by atoms with van der Waals surface area (Å²) < 4.78 is 21.2. The van der Waals surface area contributed by atoms with E-state index in [1.54, 1.807) is 0 Å². The molecule has 0 aliphatic carbocycles. The van der Waals surface area contributed by atoms with E-state index in [1.165, 1.54) is 0 Å². The Morgan fingerprint density at radius 1 is 1.64 bits per heavy atom. The van der Waals surface area contributed by atoms with Crippen molar-refractivity contribution in [2.75, 3.05) is 0 Å². The Bertz CT molecular complexity index is 366. The second kappa shape index (κ2) is 2.44. The zero-order chi connectivity index (χ0) is 8.48. The van der Waals surface area contributed by atoms with Crippen molar-refractivity contribution in [2.45, 2.75) is 5.03 Å². The minimum atomic E-state index is -3.85. The molecule has 0 spiro atoms. The van der Waals surface area contributed by atoms with E-state index >= 15 is 0 Å². The molecule has 7 heteroatoms. The number of aldehydes is 1. The standard InChI is InChI=1S/C4H5N3O3S/c5-11(9,10)4-3(1-8)6-2-7-4/h1-2H,(H,6,7)(H2,5,9,10). The summed E-state index contributed by atoms with van der Waals surface area (Å²) in [4.78, 5) is 15.8. The van der Waals surface area contributed by atoms with Crippen LogP contribution in [0.1, 0.15) is 10.5 Å². The van der Waals surface area contributed by atoms with Crippen LogP contribution in [0.5, 0.6) is 0 Å². The fourth-order valence-electron chi connectivity index (χ4n) is 0.605. The molecule has 0 aliphatic heterocycles. The van der Waals surface area contributed by atoms with Crippen LogP contribution in [0.2, 0.25) is 0 Å². The predicted octanol–water partition coefficient (Wildman–Crippen LogP) is -1.13. The van der Waals surface area contributed by atoms with Gasteiger partial charge in [-0.1, -0.05) is 0 Å². The van der Waals surface area contributed by atoms with E-state index < -0.39 is 10.0 Å². The summed E-state index contributed by atoms with van der Waals surface area (Å²) >= 11 is 0. The zero-order valence-corrected chi connectivity index (χ0v) is 6.13. The van der Waals surface area contributed by atoms with Gasteiger partial charge in [0.1, 0.15) is 5.69 Å². The Hall–Kier alpha value is -1.21. The number of hydrogen-bond acceptors (Lipinski definition) is 4. The quantitative estimate of drug-likeness (QED) is 0.554. The van der Waals surface area contributed by atoms with Crippen LogP contribution >= 0.6 is 0 Å². The minimum Gasteiger partial charge on any atom is -0.334 e. The van der Waals surface area contributed by atoms with Crippen LogP contribution in [0.3, 0.4) is 0 Å². The topological polar surface area (TPSA) is 106 Å². The van der Waals surface area contributed by atoms with Gasteiger partial charge in [0.15, 0.2) is 11.3 Å². The molecule has 1 heterocycles. The first-order valence-electron chi connectivity index (χ1n) is 2.57. The van der Waals surface area contributed by atoms with Crippen LogP contribution in [0.4, 0.5) is 0 Å². The first-order chi connectivity index (χ1) is 5.05. The lowest BCUT2D eigenvalue weighted by molar-refractivity contribution is 0.111. The largest absolute Gasteiger partial charge is 0.334 e. The zero-order valence-electron chi connectivity index (χ0n) is 5.31. The lowest BCUT2D eigenvalue weighted by Crippen LogP contribution is -2.14. The molecule has 0 fully saturated rings. The van der Waals surface area contributed by atoms with E-state index in [1.807, 2.05) is 0 Å². The number of rotatable bonds is 2. The lowest BCUT2D eigenvalue weighted by atomic mass is 10.5. The minimum absolute atomic E-state index is 0.201. The van der Waals surface area contributed by atoms with Crippen LogP contribution in [0, 0.1) is 0 Å². The highest BCUT2D eigenvalue weighted by Gasteiger charge is 2.15. The van der Waals surface area contributed by atoms with Gasteiger partial charge in [-0.2, -0.15) is 0 Å². The second-order valence-electron chi connectivity index (χ2n) is 1.78. The number of carbonyl (C=O) groups excluding carboxylic acids is 1. The third kappa shape index (κ3) is 1.44. The van der Waals surface area contributed by atoms with Gasteiger partial charge < -0.3 is 4.98 Å². The molecule has 0 atom stereocenters. The smallest absolute Gasteiger partial charge is 0.255 e. The van der Waals surface area contributed by atoms with Crippen molar-refractivity contribution in [3.05, 3.63) is 12.0 Å². The number of carbonyl (C=O) groups is 1. The lowest BCUT2D eigenvalue weighted by Gasteiger charge is -1.90. The van der Waals surface area contributed by atoms with Crippen molar-refractivity contribution in [3.8, 4) is 0 Å². The summed E-state index contributed by atoms with van der Waals surface area (Å²) in [5, 5.41) is 4.37. The predicted molar refractivity (Wildman–Crippen MR) is 35.3 cm³/mol. The third-order valence-electron chi connectivity index (χ3n) is 1.03. The molecule has 11 heavy (non-hydrogen) atoms. The summed E-state index contributed by atoms with van der Waals surface area (Å²) in [7, 11) is -3.85. The summed E-state index contributed by atoms with van der Waals surface area (Å²) in [6.45, 7) is 0. The molecule has 0 saturated heterocycles. The van der Waals surface area contributed by atoms with Crippen molar-refractivity contribution in [1.82, 2.24) is 9.97 Å². The van der Waals surface area contributed by atoms with Gasteiger partial charge in [-0.15, -0.1) is 0 Å². The highest BCUT2D eigenvalue weighted by Crippen LogP contribution is 2.04. The van der Waals surface area contributed by atoms with E-state index in [0.717, 1.165) is 6.33 Å². The van der Waals surface area contributed by atoms with Gasteiger partial charge in [-0.3, -0.25) is 4.79 Å². The molecular formula is C4H5N3O3S. The van der Waals surface area contributed by atoms with Gasteiger partial charge in [0.25, 0.3) is 10.0 Å². The van der Waals surface area contributed by atoms with Gasteiger partial charge in [-0.25, -0.2) is 18.5 Å². The van der Waals surface area contributed by atoms with Gasteiger partial charge in [0, 0.05) is 0 Å². The average molecular weight is 175 g/mol. The maximum Gasteiger partial charge on any atom is 0.255 e. The molecular weight excluding hydrogens is 170 g/mol. The van der Waals surface area contributed by atoms with Crippen molar-refractivity contribution in [1.29, 1.82) is 0 Å². The number of hydrogen-bond donors (Lipinski definition) is 2. The van der Waals surface area contributed by atoms with E-state index in [4.69, 9.17) is 5.14 Å². The first kappa shape index (κ1) is 7.89. The van der Waals surface area contributed by atoms with Crippen LogP contribution in [-0.4, -0.2) is 24.7 Å². The van der Waals surface area contributed by atoms with Crippen molar-refractivity contribution in [3.63, 3.8) is 0 Å². The highest BCUT2D eigenvalue weighted by atomic mass is 32.2. The number of imidazole rings is 1. The van der Waals surface area contributed by atoms with Crippen LogP contribution in [0.15, 0.2) is 11.4 Å². The Balaban J connectivity index is 3.35. The number of nitrogens with one attached hydrogen (secondary N) is 1. The molecule has 1 rings (SSSR count). The first-order valence-corrected chi connectivity index (χ1v) is 4.11. The number of aromatic nitrogens is 2. The van der Waals surface area contributed by atoms with Crippen molar-refractivity contribution < 1.29 is 13.2 Å². The number of primary sulfonamides is 1. The molecule has 3 N–H and O–H groups in total. The van der Waals surface area contributed by atoms with E-state index in [2.05, 4.69) is 9.97 Å². The SMILES string of the molecule is NS(=O)(=O)c1[nH]cnc1C=O. The number of nitrogens with zero attached hydrogens (tertiary/aromatic N) is 1. The number of H-pyrrole nitrogens is 1. The van der Waals surface area contributed by atoms with Gasteiger partial charge in [-0.05, 0) is 0 Å². The summed E-state index contributed by atoms with van der Waals surface area (Å²) in [6.07, 6.45) is 1.40. The Morgan fingerprint density at radius 3 is 2.64 bits per heavy atom. The molecule has 6 nitrogen and oxygen atoms in total. The number of aromatic amines is 1. The van der Waals surface area contributed by atoms with Gasteiger partial charge >= 0.3 is 0 Å². The van der Waals surface area contributed by atoms with E-state index in [-0.39, 0.29) is 10.7 Å². The normalized spacial score (nSPS) is 11.4. The van der Waals surface area contributed by atoms with Crippen LogP contribution in [0.25, 0.3) is 0 Å². The highest BCUT2D eigenvalue weighted by molar-refractivity contribution is 7.89. The molecule has 60 valence electrons. The molecule has 0 aliphatic rings. The number of nitrogens with two attached hydrogens (primary N) is 1. The maximum absolute atomic E-state index is 10.6. The van der Waals surface area contributed by atoms with Gasteiger partial charge in [0.2, 0.25) is 0 Å². The molecule has 0 saturated carbocycles. The van der Waals surface area contributed by atoms with E-state index in [0.29, 0.717) is 6.29 Å². The fraction of sp³-hybridized carbons (Fsp3) is 0. The summed E-state index contributed by atoms with van der Waals surface area (Å²) in [5.41, 5.74) is -0.201. The molecule has 1 aromatic rings. The van der Waals surface area contributed by atoms with E-state index in [9.17, 15) is 13.2 Å². The van der Waals surface area contributed by atoms with Crippen molar-refractivity contribution in [2.24, 2.45) is 5.14 Å². The fourth-order valence-corrected chi connectivity index (χ4v) is 1.21. The third-order valence-corrected chi connectivity index (χ3v) is 1.92. The molecule has 0 amide bonds. The monoisotopic (exact) mass is 175 g/mol. The number of sulfonamides is 1. The van der Waals surface area contributed by atoms with Gasteiger partial charge in [0.05, 0.1) is 6.33 Å². The molecule has 0 bridgehead atoms. The summed E-state index contributed by atoms with van der Waals surface area (Å²) in [5.74, 6) is 0.